The lowest BCUT2D eigenvalue weighted by molar-refractivity contribution is -0.383. The van der Waals surface area contributed by atoms with E-state index in [-0.39, 0.29) is 5.60 Å². The summed E-state index contributed by atoms with van der Waals surface area (Å²) in [6, 6.07) is 0. The minimum absolute atomic E-state index is 0.149. The van der Waals surface area contributed by atoms with Crippen molar-refractivity contribution in [2.75, 3.05) is 6.61 Å². The first kappa shape index (κ1) is 17.5. The maximum Gasteiger partial charge on any atom is 0.187 e. The zero-order valence-electron chi connectivity index (χ0n) is 13.9. The lowest BCUT2D eigenvalue weighted by Gasteiger charge is -2.61. The van der Waals surface area contributed by atoms with Crippen molar-refractivity contribution in [1.29, 1.82) is 0 Å². The van der Waals surface area contributed by atoms with Gasteiger partial charge in [-0.2, -0.15) is 0 Å². The molecule has 3 heterocycles. The van der Waals surface area contributed by atoms with Gasteiger partial charge in [-0.1, -0.05) is 0 Å². The van der Waals surface area contributed by atoms with Crippen LogP contribution in [0.3, 0.4) is 0 Å². The highest BCUT2D eigenvalue weighted by molar-refractivity contribution is 5.10. The quantitative estimate of drug-likeness (QED) is 0.561. The minimum Gasteiger partial charge on any atom is -0.394 e. The third-order valence-corrected chi connectivity index (χ3v) is 5.90. The van der Waals surface area contributed by atoms with Crippen molar-refractivity contribution in [1.82, 2.24) is 0 Å². The highest BCUT2D eigenvalue weighted by Crippen LogP contribution is 2.54. The van der Waals surface area contributed by atoms with E-state index in [1.807, 2.05) is 13.8 Å². The average Bonchev–Trinajstić information content (AvgIpc) is 2.48. The molecule has 0 radical (unpaired) electrons. The van der Waals surface area contributed by atoms with Crippen molar-refractivity contribution < 1.29 is 34.6 Å². The maximum atomic E-state index is 10.2. The van der Waals surface area contributed by atoms with Crippen LogP contribution in [-0.4, -0.2) is 74.5 Å². The van der Waals surface area contributed by atoms with Gasteiger partial charge >= 0.3 is 0 Å². The van der Waals surface area contributed by atoms with Gasteiger partial charge in [0.1, 0.15) is 30.0 Å². The zero-order valence-corrected chi connectivity index (χ0v) is 13.9. The second kappa shape index (κ2) is 5.62. The Morgan fingerprint density at radius 2 is 1.57 bits per heavy atom. The molecule has 4 N–H and O–H groups in total. The molecule has 4 aliphatic rings. The number of aliphatic hydroxyl groups is 4. The summed E-state index contributed by atoms with van der Waals surface area (Å²) < 4.78 is 17.9. The molecule has 4 fully saturated rings. The fraction of sp³-hybridized carbons (Fsp3) is 1.00. The lowest BCUT2D eigenvalue weighted by atomic mass is 9.65. The number of hydrogen-bond donors (Lipinski definition) is 4. The first-order valence-corrected chi connectivity index (χ1v) is 8.32. The normalized spacial score (nSPS) is 52.6. The zero-order chi connectivity index (χ0) is 17.0. The Hall–Kier alpha value is -0.280. The molecule has 2 bridgehead atoms. The molecule has 0 spiro atoms. The monoisotopic (exact) mass is 332 g/mol. The topological polar surface area (TPSA) is 109 Å². The fourth-order valence-corrected chi connectivity index (χ4v) is 4.24. The van der Waals surface area contributed by atoms with Gasteiger partial charge in [-0.3, -0.25) is 0 Å². The molecule has 0 amide bonds. The van der Waals surface area contributed by atoms with Gasteiger partial charge in [0, 0.05) is 0 Å². The number of hydrogen-bond acceptors (Lipinski definition) is 7. The Balaban J connectivity index is 1.80. The molecule has 5 unspecified atom stereocenters. The number of fused-ring (bicyclic) bond motifs is 3. The molecule has 0 aromatic rings. The van der Waals surface area contributed by atoms with E-state index in [0.29, 0.717) is 0 Å². The molecule has 5 atom stereocenters. The van der Waals surface area contributed by atoms with E-state index in [0.717, 1.165) is 25.7 Å². The van der Waals surface area contributed by atoms with E-state index < -0.39 is 48.5 Å². The summed E-state index contributed by atoms with van der Waals surface area (Å²) in [5.74, 6) is 0. The molecule has 134 valence electrons. The van der Waals surface area contributed by atoms with E-state index >= 15 is 0 Å². The Labute approximate surface area is 136 Å². The molecule has 1 aliphatic carbocycles. The second-order valence-electron chi connectivity index (χ2n) is 7.87. The van der Waals surface area contributed by atoms with Crippen LogP contribution in [0.5, 0.6) is 0 Å². The van der Waals surface area contributed by atoms with Crippen LogP contribution in [-0.2, 0) is 14.2 Å². The van der Waals surface area contributed by atoms with Crippen LogP contribution >= 0.6 is 0 Å². The van der Waals surface area contributed by atoms with Crippen molar-refractivity contribution in [2.24, 2.45) is 0 Å². The summed E-state index contributed by atoms with van der Waals surface area (Å²) in [5, 5.41) is 39.3. The Morgan fingerprint density at radius 3 is 2.09 bits per heavy atom. The first-order chi connectivity index (χ1) is 10.6. The third-order valence-electron chi connectivity index (χ3n) is 5.90. The molecule has 7 nitrogen and oxygen atoms in total. The van der Waals surface area contributed by atoms with Crippen LogP contribution < -0.4 is 0 Å². The van der Waals surface area contributed by atoms with Crippen LogP contribution in [0.4, 0.5) is 0 Å². The molecule has 3 saturated heterocycles. The molecule has 0 aromatic heterocycles. The van der Waals surface area contributed by atoms with Crippen LogP contribution in [0.15, 0.2) is 0 Å². The first-order valence-electron chi connectivity index (χ1n) is 8.32. The molecule has 3 aliphatic heterocycles. The van der Waals surface area contributed by atoms with Gasteiger partial charge in [-0.15, -0.1) is 0 Å². The number of rotatable bonds is 3. The van der Waals surface area contributed by atoms with Crippen molar-refractivity contribution in [3.05, 3.63) is 0 Å². The van der Waals surface area contributed by atoms with E-state index in [2.05, 4.69) is 6.92 Å². The Bertz CT molecular complexity index is 442. The van der Waals surface area contributed by atoms with Gasteiger partial charge in [0.2, 0.25) is 0 Å². The van der Waals surface area contributed by atoms with Crippen LogP contribution in [0, 0.1) is 0 Å². The number of aliphatic hydroxyl groups excluding tert-OH is 4. The van der Waals surface area contributed by atoms with Crippen molar-refractivity contribution in [2.45, 2.75) is 94.0 Å². The maximum absolute atomic E-state index is 10.2. The molecular formula is C16H28O7. The van der Waals surface area contributed by atoms with E-state index in [1.165, 1.54) is 0 Å². The summed E-state index contributed by atoms with van der Waals surface area (Å²) in [4.78, 5) is 0. The highest BCUT2D eigenvalue weighted by atomic mass is 16.7. The van der Waals surface area contributed by atoms with Crippen LogP contribution in [0.25, 0.3) is 0 Å². The van der Waals surface area contributed by atoms with Crippen LogP contribution in [0.1, 0.15) is 46.5 Å². The van der Waals surface area contributed by atoms with Crippen molar-refractivity contribution >= 4 is 0 Å². The van der Waals surface area contributed by atoms with Gasteiger partial charge < -0.3 is 34.6 Å². The average molecular weight is 332 g/mol. The number of ether oxygens (including phenoxy) is 3. The summed E-state index contributed by atoms with van der Waals surface area (Å²) in [7, 11) is 0. The van der Waals surface area contributed by atoms with Crippen molar-refractivity contribution in [3.63, 3.8) is 0 Å². The van der Waals surface area contributed by atoms with E-state index in [1.54, 1.807) is 0 Å². The van der Waals surface area contributed by atoms with E-state index in [9.17, 15) is 20.4 Å². The smallest absolute Gasteiger partial charge is 0.187 e. The SMILES string of the molecule is CC12CCC(OC3OC(CO)C(O)C(O)C3O)(CC1)C(C)(C)O2. The van der Waals surface area contributed by atoms with Gasteiger partial charge in [0.15, 0.2) is 6.29 Å². The summed E-state index contributed by atoms with van der Waals surface area (Å²) in [5.41, 5.74) is -1.33. The fourth-order valence-electron chi connectivity index (χ4n) is 4.24. The largest absolute Gasteiger partial charge is 0.394 e. The Morgan fingerprint density at radius 1 is 0.957 bits per heavy atom. The molecule has 7 heteroatoms. The molecule has 0 aromatic carbocycles. The van der Waals surface area contributed by atoms with Gasteiger partial charge in [0.25, 0.3) is 0 Å². The predicted octanol–water partition coefficient (Wildman–Crippen LogP) is -0.317. The Kier molecular flexibility index (Phi) is 4.29. The van der Waals surface area contributed by atoms with Gasteiger partial charge in [0.05, 0.1) is 17.8 Å². The van der Waals surface area contributed by atoms with Gasteiger partial charge in [-0.05, 0) is 46.5 Å². The standard InChI is InChI=1S/C16H28O7/c1-14(2)16(6-4-15(3,23-14)5-7-16)22-13-12(20)11(19)10(18)9(8-17)21-13/h9-13,17-20H,4-8H2,1-3H3. The molecule has 1 saturated carbocycles. The molecular weight excluding hydrogens is 304 g/mol. The molecule has 23 heavy (non-hydrogen) atoms. The summed E-state index contributed by atoms with van der Waals surface area (Å²) in [6.45, 7) is 5.57. The van der Waals surface area contributed by atoms with Crippen molar-refractivity contribution in [3.8, 4) is 0 Å². The molecule has 4 rings (SSSR count). The minimum atomic E-state index is -1.43. The summed E-state index contributed by atoms with van der Waals surface area (Å²) in [6.07, 6.45) is -3.01. The summed E-state index contributed by atoms with van der Waals surface area (Å²) >= 11 is 0. The van der Waals surface area contributed by atoms with Crippen LogP contribution in [0.2, 0.25) is 0 Å². The van der Waals surface area contributed by atoms with Gasteiger partial charge in [-0.25, -0.2) is 0 Å². The second-order valence-corrected chi connectivity index (χ2v) is 7.87. The lowest BCUT2D eigenvalue weighted by Crippen LogP contribution is -2.69. The third kappa shape index (κ3) is 2.72. The highest BCUT2D eigenvalue weighted by Gasteiger charge is 2.61. The predicted molar refractivity (Wildman–Crippen MR) is 79.6 cm³/mol. The van der Waals surface area contributed by atoms with E-state index in [4.69, 9.17) is 14.2 Å².